The third kappa shape index (κ3) is 3.23. The predicted octanol–water partition coefficient (Wildman–Crippen LogP) is 4.46. The Labute approximate surface area is 140 Å². The molecule has 0 bridgehead atoms. The maximum Gasteiger partial charge on any atom is 0.315 e. The van der Waals surface area contributed by atoms with Crippen LogP contribution in [0.25, 0.3) is 0 Å². The van der Waals surface area contributed by atoms with Crippen molar-refractivity contribution < 1.29 is 18.0 Å². The van der Waals surface area contributed by atoms with Crippen LogP contribution >= 0.6 is 0 Å². The van der Waals surface area contributed by atoms with Crippen molar-refractivity contribution in [3.63, 3.8) is 0 Å². The highest BCUT2D eigenvalue weighted by Gasteiger charge is 2.70. The third-order valence-corrected chi connectivity index (χ3v) is 5.52. The molecule has 0 aliphatic heterocycles. The van der Waals surface area contributed by atoms with Crippen molar-refractivity contribution in [1.29, 1.82) is 0 Å². The summed E-state index contributed by atoms with van der Waals surface area (Å²) in [4.78, 5) is 12.1. The summed E-state index contributed by atoms with van der Waals surface area (Å²) in [5, 5.41) is 5.69. The van der Waals surface area contributed by atoms with E-state index >= 15 is 0 Å². The number of benzene rings is 1. The van der Waals surface area contributed by atoms with Crippen LogP contribution in [0.3, 0.4) is 0 Å². The maximum atomic E-state index is 13.4. The number of hydrogen-bond donors (Lipinski definition) is 2. The molecule has 0 aromatic heterocycles. The van der Waals surface area contributed by atoms with Gasteiger partial charge in [-0.3, -0.25) is 0 Å². The Bertz CT molecular complexity index is 639. The van der Waals surface area contributed by atoms with Crippen LogP contribution in [-0.2, 0) is 0 Å². The molecule has 2 N–H and O–H groups in total. The van der Waals surface area contributed by atoms with Gasteiger partial charge in [0.25, 0.3) is 5.92 Å². The van der Waals surface area contributed by atoms with Gasteiger partial charge in [-0.2, -0.15) is 0 Å². The quantitative estimate of drug-likeness (QED) is 0.838. The number of aryl methyl sites for hydroxylation is 1. The van der Waals surface area contributed by atoms with Crippen molar-refractivity contribution in [2.24, 2.45) is 5.41 Å². The first-order valence-electron chi connectivity index (χ1n) is 8.43. The Morgan fingerprint density at radius 3 is 2.46 bits per heavy atom. The van der Waals surface area contributed by atoms with E-state index in [1.807, 2.05) is 6.92 Å². The van der Waals surface area contributed by atoms with Crippen molar-refractivity contribution in [1.82, 2.24) is 10.6 Å². The fourth-order valence-corrected chi connectivity index (χ4v) is 3.68. The van der Waals surface area contributed by atoms with Gasteiger partial charge in [-0.25, -0.2) is 18.0 Å². The summed E-state index contributed by atoms with van der Waals surface area (Å²) in [7, 11) is 0. The lowest BCUT2D eigenvalue weighted by atomic mass is 9.83. The van der Waals surface area contributed by atoms with Crippen LogP contribution in [0.5, 0.6) is 0 Å². The molecule has 2 saturated carbocycles. The minimum atomic E-state index is -2.50. The molecule has 2 aliphatic carbocycles. The molecule has 6 heteroatoms. The largest absolute Gasteiger partial charge is 0.335 e. The van der Waals surface area contributed by atoms with Crippen molar-refractivity contribution in [2.45, 2.75) is 64.0 Å². The monoisotopic (exact) mass is 340 g/mol. The van der Waals surface area contributed by atoms with E-state index in [4.69, 9.17) is 0 Å². The topological polar surface area (TPSA) is 41.1 Å². The van der Waals surface area contributed by atoms with E-state index in [0.29, 0.717) is 31.2 Å². The lowest BCUT2D eigenvalue weighted by Gasteiger charge is -2.29. The number of carbonyl (C=O) groups is 1. The fraction of sp³-hybridized carbons (Fsp3) is 0.611. The van der Waals surface area contributed by atoms with Crippen molar-refractivity contribution in [3.05, 3.63) is 35.1 Å². The standard InChI is InChI=1S/C18H23F3N2O/c1-11-9-13(3-4-15(11)19)12(2)22-16(24)23-14-5-7-17(8-6-14)10-18(17,20)21/h3-4,9,12,14H,5-8,10H2,1-2H3,(H2,22,23,24)/t12-,14?,17?/m1/s1. The lowest BCUT2D eigenvalue weighted by Crippen LogP contribution is -2.44. The molecule has 2 aliphatic rings. The second-order valence-electron chi connectivity index (χ2n) is 7.28. The summed E-state index contributed by atoms with van der Waals surface area (Å²) in [5.74, 6) is -2.78. The number of alkyl halides is 2. The second-order valence-corrected chi connectivity index (χ2v) is 7.28. The van der Waals surface area contributed by atoms with E-state index < -0.39 is 11.3 Å². The molecule has 3 nitrogen and oxygen atoms in total. The van der Waals surface area contributed by atoms with E-state index in [-0.39, 0.29) is 30.4 Å². The van der Waals surface area contributed by atoms with Crippen molar-refractivity contribution >= 4 is 6.03 Å². The molecule has 2 fully saturated rings. The summed E-state index contributed by atoms with van der Waals surface area (Å²) in [6.07, 6.45) is 2.12. The Hall–Kier alpha value is -1.72. The van der Waals surface area contributed by atoms with Crippen LogP contribution in [0.15, 0.2) is 18.2 Å². The molecule has 3 rings (SSSR count). The minimum Gasteiger partial charge on any atom is -0.335 e. The Kier molecular flexibility index (Phi) is 4.26. The van der Waals surface area contributed by atoms with E-state index in [2.05, 4.69) is 10.6 Å². The van der Waals surface area contributed by atoms with Crippen LogP contribution in [0.1, 0.15) is 56.2 Å². The Morgan fingerprint density at radius 2 is 1.92 bits per heavy atom. The summed E-state index contributed by atoms with van der Waals surface area (Å²) >= 11 is 0. The molecule has 1 spiro atoms. The average Bonchev–Trinajstić information content (AvgIpc) is 3.04. The highest BCUT2D eigenvalue weighted by molar-refractivity contribution is 5.74. The molecule has 1 aromatic carbocycles. The molecule has 0 saturated heterocycles. The molecule has 0 unspecified atom stereocenters. The van der Waals surface area contributed by atoms with E-state index in [0.717, 1.165) is 5.56 Å². The molecule has 1 atom stereocenters. The van der Waals surface area contributed by atoms with Gasteiger partial charge in [0.05, 0.1) is 6.04 Å². The second kappa shape index (κ2) is 5.97. The first-order chi connectivity index (χ1) is 11.2. The summed E-state index contributed by atoms with van der Waals surface area (Å²) in [5.41, 5.74) is 0.564. The summed E-state index contributed by atoms with van der Waals surface area (Å²) in [6, 6.07) is 4.11. The van der Waals surface area contributed by atoms with Gasteiger partial charge in [0.15, 0.2) is 0 Å². The molecule has 2 amide bonds. The van der Waals surface area contributed by atoms with Crippen molar-refractivity contribution in [3.8, 4) is 0 Å². The summed E-state index contributed by atoms with van der Waals surface area (Å²) < 4.78 is 40.0. The first kappa shape index (κ1) is 17.1. The number of nitrogens with one attached hydrogen (secondary N) is 2. The van der Waals surface area contributed by atoms with E-state index in [1.54, 1.807) is 19.1 Å². The van der Waals surface area contributed by atoms with Gasteiger partial charge in [0.1, 0.15) is 5.82 Å². The van der Waals surface area contributed by atoms with Gasteiger partial charge in [0.2, 0.25) is 0 Å². The third-order valence-electron chi connectivity index (χ3n) is 5.52. The van der Waals surface area contributed by atoms with Gasteiger partial charge in [-0.15, -0.1) is 0 Å². The zero-order valence-corrected chi connectivity index (χ0v) is 14.0. The smallest absolute Gasteiger partial charge is 0.315 e. The summed E-state index contributed by atoms with van der Waals surface area (Å²) in [6.45, 7) is 3.50. The van der Waals surface area contributed by atoms with Gasteiger partial charge in [-0.1, -0.05) is 12.1 Å². The molecule has 132 valence electrons. The van der Waals surface area contributed by atoms with Gasteiger partial charge < -0.3 is 10.6 Å². The zero-order chi connectivity index (χ0) is 17.5. The minimum absolute atomic E-state index is 0.000131. The molecule has 0 radical (unpaired) electrons. The molecule has 0 heterocycles. The van der Waals surface area contributed by atoms with Crippen LogP contribution in [-0.4, -0.2) is 18.0 Å². The normalized spacial score (nSPS) is 29.1. The SMILES string of the molecule is Cc1cc([C@@H](C)NC(=O)NC2CCC3(CC2)CC3(F)F)ccc1F. The van der Waals surface area contributed by atoms with Crippen LogP contribution in [0.4, 0.5) is 18.0 Å². The van der Waals surface area contributed by atoms with Gasteiger partial charge >= 0.3 is 6.03 Å². The number of carbonyl (C=O) groups excluding carboxylic acids is 1. The highest BCUT2D eigenvalue weighted by atomic mass is 19.3. The number of urea groups is 1. The number of amides is 2. The maximum absolute atomic E-state index is 13.4. The Morgan fingerprint density at radius 1 is 1.29 bits per heavy atom. The Balaban J connectivity index is 1.48. The van der Waals surface area contributed by atoms with Gasteiger partial charge in [0, 0.05) is 17.9 Å². The molecule has 1 aromatic rings. The van der Waals surface area contributed by atoms with E-state index in [9.17, 15) is 18.0 Å². The number of hydrogen-bond acceptors (Lipinski definition) is 1. The number of rotatable bonds is 3. The van der Waals surface area contributed by atoms with Crippen LogP contribution < -0.4 is 10.6 Å². The lowest BCUT2D eigenvalue weighted by molar-refractivity contribution is 0.0445. The van der Waals surface area contributed by atoms with Gasteiger partial charge in [-0.05, 0) is 56.7 Å². The zero-order valence-electron chi connectivity index (χ0n) is 14.0. The van der Waals surface area contributed by atoms with E-state index in [1.165, 1.54) is 6.07 Å². The van der Waals surface area contributed by atoms with Crippen LogP contribution in [0, 0.1) is 18.2 Å². The average molecular weight is 340 g/mol. The van der Waals surface area contributed by atoms with Crippen molar-refractivity contribution in [2.75, 3.05) is 0 Å². The number of halogens is 3. The molecular formula is C18H23F3N2O. The highest BCUT2D eigenvalue weighted by Crippen LogP contribution is 2.67. The first-order valence-corrected chi connectivity index (χ1v) is 8.43. The fourth-order valence-electron chi connectivity index (χ4n) is 3.68. The predicted molar refractivity (Wildman–Crippen MR) is 85.5 cm³/mol. The van der Waals surface area contributed by atoms with Crippen LogP contribution in [0.2, 0.25) is 0 Å². The molecule has 24 heavy (non-hydrogen) atoms. The molecular weight excluding hydrogens is 317 g/mol.